The molecule has 2 N–H and O–H groups in total. The lowest BCUT2D eigenvalue weighted by Gasteiger charge is -2.39. The van der Waals surface area contributed by atoms with Crippen LogP contribution >= 0.6 is 0 Å². The average molecular weight is 266 g/mol. The van der Waals surface area contributed by atoms with E-state index < -0.39 is 0 Å². The Morgan fingerprint density at radius 1 is 1.58 bits per heavy atom. The molecule has 2 atom stereocenters. The fourth-order valence-corrected chi connectivity index (χ4v) is 2.65. The van der Waals surface area contributed by atoms with Gasteiger partial charge in [-0.05, 0) is 13.3 Å². The van der Waals surface area contributed by atoms with E-state index in [0.29, 0.717) is 19.6 Å². The van der Waals surface area contributed by atoms with Crippen LogP contribution in [-0.4, -0.2) is 46.7 Å². The van der Waals surface area contributed by atoms with Crippen LogP contribution in [0.2, 0.25) is 0 Å². The summed E-state index contributed by atoms with van der Waals surface area (Å²) in [5, 5.41) is 0. The molecular weight excluding hydrogens is 244 g/mol. The molecule has 2 heterocycles. The van der Waals surface area contributed by atoms with Crippen molar-refractivity contribution in [3.63, 3.8) is 0 Å². The number of imidazole rings is 1. The van der Waals surface area contributed by atoms with Crippen molar-refractivity contribution in [3.8, 4) is 0 Å². The molecule has 1 aliphatic rings. The Bertz CT molecular complexity index is 432. The number of piperidine rings is 1. The van der Waals surface area contributed by atoms with Crippen LogP contribution < -0.4 is 5.73 Å². The molecule has 1 fully saturated rings. The topological polar surface area (TPSA) is 73.4 Å². The lowest BCUT2D eigenvalue weighted by molar-refractivity contribution is -0.138. The van der Waals surface area contributed by atoms with Crippen molar-refractivity contribution in [2.45, 2.75) is 38.4 Å². The van der Waals surface area contributed by atoms with Crippen LogP contribution in [0.5, 0.6) is 0 Å². The first-order chi connectivity index (χ1) is 9.19. The van der Waals surface area contributed by atoms with Crippen LogP contribution in [0.3, 0.4) is 0 Å². The molecule has 2 rings (SSSR count). The molecule has 6 nitrogen and oxygen atoms in total. The van der Waals surface area contributed by atoms with E-state index >= 15 is 0 Å². The number of carbonyl (C=O) groups excluding carboxylic acids is 1. The minimum Gasteiger partial charge on any atom is -0.383 e. The van der Waals surface area contributed by atoms with Gasteiger partial charge in [-0.25, -0.2) is 4.98 Å². The van der Waals surface area contributed by atoms with Crippen LogP contribution in [0.15, 0.2) is 12.5 Å². The quantitative estimate of drug-likeness (QED) is 0.844. The number of aryl methyl sites for hydroxylation is 1. The number of amides is 1. The standard InChI is InChI=1S/C13H22N4O2/c1-3-16-9-15-8-11(16)13-10(14)4-5-12(18)17(13)6-7-19-2/h8-10,13H,3-7,14H2,1-2H3. The Labute approximate surface area is 113 Å². The number of hydrogen-bond acceptors (Lipinski definition) is 4. The molecule has 19 heavy (non-hydrogen) atoms. The van der Waals surface area contributed by atoms with Crippen molar-refractivity contribution in [2.75, 3.05) is 20.3 Å². The first-order valence-electron chi connectivity index (χ1n) is 6.73. The van der Waals surface area contributed by atoms with E-state index in [9.17, 15) is 4.79 Å². The van der Waals surface area contributed by atoms with Gasteiger partial charge in [-0.1, -0.05) is 0 Å². The third-order valence-electron chi connectivity index (χ3n) is 3.68. The molecule has 0 spiro atoms. The average Bonchev–Trinajstić information content (AvgIpc) is 2.87. The zero-order valence-corrected chi connectivity index (χ0v) is 11.6. The summed E-state index contributed by atoms with van der Waals surface area (Å²) in [6, 6.07) is -0.143. The Kier molecular flexibility index (Phi) is 4.55. The second-order valence-electron chi connectivity index (χ2n) is 4.83. The van der Waals surface area contributed by atoms with Crippen molar-refractivity contribution < 1.29 is 9.53 Å². The predicted octanol–water partition coefficient (Wildman–Crippen LogP) is 0.540. The fourth-order valence-electron chi connectivity index (χ4n) is 2.65. The van der Waals surface area contributed by atoms with E-state index in [4.69, 9.17) is 10.5 Å². The number of nitrogens with two attached hydrogens (primary N) is 1. The zero-order chi connectivity index (χ0) is 13.8. The van der Waals surface area contributed by atoms with Gasteiger partial charge in [-0.2, -0.15) is 0 Å². The molecule has 0 aliphatic carbocycles. The van der Waals surface area contributed by atoms with E-state index in [1.165, 1.54) is 0 Å². The van der Waals surface area contributed by atoms with E-state index in [1.54, 1.807) is 13.4 Å². The lowest BCUT2D eigenvalue weighted by atomic mass is 9.94. The van der Waals surface area contributed by atoms with Crippen LogP contribution in [-0.2, 0) is 16.1 Å². The molecule has 1 aromatic rings. The maximum Gasteiger partial charge on any atom is 0.223 e. The Balaban J connectivity index is 2.28. The first kappa shape index (κ1) is 14.0. The number of likely N-dealkylation sites (tertiary alicyclic amines) is 1. The summed E-state index contributed by atoms with van der Waals surface area (Å²) in [5.74, 6) is 0.146. The largest absolute Gasteiger partial charge is 0.383 e. The van der Waals surface area contributed by atoms with Crippen LogP contribution in [0, 0.1) is 0 Å². The SMILES string of the molecule is CCn1cncc1C1C(N)CCC(=O)N1CCOC. The molecular formula is C13H22N4O2. The van der Waals surface area contributed by atoms with Gasteiger partial charge >= 0.3 is 0 Å². The van der Waals surface area contributed by atoms with E-state index in [-0.39, 0.29) is 18.0 Å². The summed E-state index contributed by atoms with van der Waals surface area (Å²) in [7, 11) is 1.64. The summed E-state index contributed by atoms with van der Waals surface area (Å²) in [5.41, 5.74) is 7.26. The van der Waals surface area contributed by atoms with Gasteiger partial charge in [0.15, 0.2) is 0 Å². The third kappa shape index (κ3) is 2.79. The summed E-state index contributed by atoms with van der Waals surface area (Å²) in [6.07, 6.45) is 4.84. The van der Waals surface area contributed by atoms with Crippen LogP contribution in [0.25, 0.3) is 0 Å². The highest BCUT2D eigenvalue weighted by molar-refractivity contribution is 5.77. The Morgan fingerprint density at radius 2 is 2.37 bits per heavy atom. The number of methoxy groups -OCH3 is 1. The first-order valence-corrected chi connectivity index (χ1v) is 6.73. The Hall–Kier alpha value is -1.40. The van der Waals surface area contributed by atoms with Gasteiger partial charge in [0.1, 0.15) is 0 Å². The highest BCUT2D eigenvalue weighted by Crippen LogP contribution is 2.30. The maximum atomic E-state index is 12.1. The van der Waals surface area contributed by atoms with Gasteiger partial charge in [-0.3, -0.25) is 4.79 Å². The van der Waals surface area contributed by atoms with Crippen molar-refractivity contribution in [1.82, 2.24) is 14.5 Å². The number of nitrogens with zero attached hydrogens (tertiary/aromatic N) is 3. The molecule has 6 heteroatoms. The summed E-state index contributed by atoms with van der Waals surface area (Å²) in [4.78, 5) is 18.2. The zero-order valence-electron chi connectivity index (χ0n) is 11.6. The molecule has 0 saturated carbocycles. The second-order valence-corrected chi connectivity index (χ2v) is 4.83. The molecule has 1 aromatic heterocycles. The molecule has 0 bridgehead atoms. The predicted molar refractivity (Wildman–Crippen MR) is 71.4 cm³/mol. The van der Waals surface area contributed by atoms with E-state index in [1.807, 2.05) is 15.7 Å². The summed E-state index contributed by atoms with van der Waals surface area (Å²) in [6.45, 7) is 3.98. The molecule has 1 aliphatic heterocycles. The minimum atomic E-state index is -0.0983. The van der Waals surface area contributed by atoms with Gasteiger partial charge in [0.25, 0.3) is 0 Å². The number of carbonyl (C=O) groups is 1. The highest BCUT2D eigenvalue weighted by Gasteiger charge is 2.36. The lowest BCUT2D eigenvalue weighted by Crippen LogP contribution is -2.50. The second kappa shape index (κ2) is 6.16. The van der Waals surface area contributed by atoms with E-state index in [0.717, 1.165) is 18.7 Å². The normalized spacial score (nSPS) is 23.9. The van der Waals surface area contributed by atoms with Crippen molar-refractivity contribution >= 4 is 5.91 Å². The number of aromatic nitrogens is 2. The Morgan fingerprint density at radius 3 is 3.05 bits per heavy atom. The van der Waals surface area contributed by atoms with Gasteiger partial charge in [-0.15, -0.1) is 0 Å². The molecule has 0 aromatic carbocycles. The van der Waals surface area contributed by atoms with Crippen LogP contribution in [0.4, 0.5) is 0 Å². The molecule has 0 radical (unpaired) electrons. The molecule has 2 unspecified atom stereocenters. The number of hydrogen-bond donors (Lipinski definition) is 1. The minimum absolute atomic E-state index is 0.0449. The van der Waals surface area contributed by atoms with Crippen LogP contribution in [0.1, 0.15) is 31.5 Å². The van der Waals surface area contributed by atoms with Gasteiger partial charge in [0, 0.05) is 32.7 Å². The summed E-state index contributed by atoms with van der Waals surface area (Å²) < 4.78 is 7.14. The molecule has 1 saturated heterocycles. The molecule has 1 amide bonds. The monoisotopic (exact) mass is 266 g/mol. The van der Waals surface area contributed by atoms with Crippen molar-refractivity contribution in [1.29, 1.82) is 0 Å². The smallest absolute Gasteiger partial charge is 0.223 e. The van der Waals surface area contributed by atoms with Gasteiger partial charge in [0.2, 0.25) is 5.91 Å². The van der Waals surface area contributed by atoms with E-state index in [2.05, 4.69) is 11.9 Å². The number of ether oxygens (including phenoxy) is 1. The maximum absolute atomic E-state index is 12.1. The third-order valence-corrected chi connectivity index (χ3v) is 3.68. The molecule has 106 valence electrons. The number of rotatable bonds is 5. The van der Waals surface area contributed by atoms with Crippen molar-refractivity contribution in [2.24, 2.45) is 5.73 Å². The highest BCUT2D eigenvalue weighted by atomic mass is 16.5. The van der Waals surface area contributed by atoms with Crippen molar-refractivity contribution in [3.05, 3.63) is 18.2 Å². The van der Waals surface area contributed by atoms with Gasteiger partial charge in [0.05, 0.1) is 30.9 Å². The summed E-state index contributed by atoms with van der Waals surface area (Å²) >= 11 is 0. The fraction of sp³-hybridized carbons (Fsp3) is 0.692. The van der Waals surface area contributed by atoms with Gasteiger partial charge < -0.3 is 19.9 Å².